The van der Waals surface area contributed by atoms with Gasteiger partial charge < -0.3 is 15.5 Å². The van der Waals surface area contributed by atoms with Gasteiger partial charge in [-0.05, 0) is 18.1 Å². The number of aromatic hydroxyl groups is 1. The van der Waals surface area contributed by atoms with Crippen molar-refractivity contribution in [2.75, 3.05) is 12.3 Å². The summed E-state index contributed by atoms with van der Waals surface area (Å²) in [5.41, 5.74) is 0.804. The monoisotopic (exact) mass is 241 g/mol. The maximum atomic E-state index is 10.7. The van der Waals surface area contributed by atoms with E-state index in [1.165, 1.54) is 0 Å². The van der Waals surface area contributed by atoms with Gasteiger partial charge in [-0.1, -0.05) is 18.2 Å². The highest BCUT2D eigenvalue weighted by Crippen LogP contribution is 2.15. The number of phenols is 1. The SMILES string of the molecule is O=C(O)[C@H](CS)NCCc1ccccc1O. The first-order valence-corrected chi connectivity index (χ1v) is 5.62. The Morgan fingerprint density at radius 2 is 2.12 bits per heavy atom. The number of rotatable bonds is 6. The summed E-state index contributed by atoms with van der Waals surface area (Å²) in [7, 11) is 0. The molecule has 0 aromatic heterocycles. The van der Waals surface area contributed by atoms with E-state index >= 15 is 0 Å². The van der Waals surface area contributed by atoms with Crippen molar-refractivity contribution < 1.29 is 15.0 Å². The van der Waals surface area contributed by atoms with Gasteiger partial charge in [0.1, 0.15) is 11.8 Å². The summed E-state index contributed by atoms with van der Waals surface area (Å²) in [6.45, 7) is 0.495. The minimum Gasteiger partial charge on any atom is -0.508 e. The fourth-order valence-electron chi connectivity index (χ4n) is 1.33. The number of carboxylic acid groups (broad SMARTS) is 1. The van der Waals surface area contributed by atoms with Crippen molar-refractivity contribution in [2.45, 2.75) is 12.5 Å². The van der Waals surface area contributed by atoms with Gasteiger partial charge in [-0.3, -0.25) is 4.79 Å². The molecule has 0 fully saturated rings. The zero-order valence-corrected chi connectivity index (χ0v) is 9.65. The van der Waals surface area contributed by atoms with E-state index in [-0.39, 0.29) is 11.5 Å². The number of aliphatic carboxylic acids is 1. The third kappa shape index (κ3) is 3.75. The summed E-state index contributed by atoms with van der Waals surface area (Å²) in [6.07, 6.45) is 0.588. The van der Waals surface area contributed by atoms with Crippen molar-refractivity contribution in [2.24, 2.45) is 0 Å². The van der Waals surface area contributed by atoms with Crippen LogP contribution in [0.1, 0.15) is 5.56 Å². The van der Waals surface area contributed by atoms with Crippen LogP contribution in [0.3, 0.4) is 0 Å². The van der Waals surface area contributed by atoms with Crippen LogP contribution in [0, 0.1) is 0 Å². The molecule has 0 saturated heterocycles. The second kappa shape index (κ2) is 6.40. The highest BCUT2D eigenvalue weighted by Gasteiger charge is 2.13. The number of hydrogen-bond donors (Lipinski definition) is 4. The lowest BCUT2D eigenvalue weighted by Gasteiger charge is -2.11. The van der Waals surface area contributed by atoms with E-state index in [0.29, 0.717) is 13.0 Å². The van der Waals surface area contributed by atoms with E-state index in [4.69, 9.17) is 5.11 Å². The summed E-state index contributed by atoms with van der Waals surface area (Å²) in [6, 6.07) is 6.37. The van der Waals surface area contributed by atoms with Crippen LogP contribution in [0.25, 0.3) is 0 Å². The molecule has 3 N–H and O–H groups in total. The molecule has 0 saturated carbocycles. The Hall–Kier alpha value is -1.20. The van der Waals surface area contributed by atoms with Gasteiger partial charge in [-0.25, -0.2) is 0 Å². The van der Waals surface area contributed by atoms with Crippen molar-refractivity contribution in [1.29, 1.82) is 0 Å². The van der Waals surface area contributed by atoms with Crippen LogP contribution in [0.2, 0.25) is 0 Å². The smallest absolute Gasteiger partial charge is 0.321 e. The zero-order valence-electron chi connectivity index (χ0n) is 8.76. The summed E-state index contributed by atoms with van der Waals surface area (Å²) in [4.78, 5) is 10.7. The highest BCUT2D eigenvalue weighted by atomic mass is 32.1. The topological polar surface area (TPSA) is 69.6 Å². The predicted molar refractivity (Wildman–Crippen MR) is 65.1 cm³/mol. The molecule has 4 nitrogen and oxygen atoms in total. The van der Waals surface area contributed by atoms with Gasteiger partial charge in [-0.15, -0.1) is 0 Å². The minimum absolute atomic E-state index is 0.238. The van der Waals surface area contributed by atoms with Gasteiger partial charge in [0.15, 0.2) is 0 Å². The normalized spacial score (nSPS) is 12.3. The predicted octanol–water partition coefficient (Wildman–Crippen LogP) is 0.907. The maximum absolute atomic E-state index is 10.7. The third-order valence-corrected chi connectivity index (χ3v) is 2.62. The van der Waals surface area contributed by atoms with Gasteiger partial charge in [0.2, 0.25) is 0 Å². The van der Waals surface area contributed by atoms with E-state index < -0.39 is 12.0 Å². The van der Waals surface area contributed by atoms with Crippen molar-refractivity contribution in [3.8, 4) is 5.75 Å². The highest BCUT2D eigenvalue weighted by molar-refractivity contribution is 7.80. The lowest BCUT2D eigenvalue weighted by atomic mass is 10.1. The quantitative estimate of drug-likeness (QED) is 0.559. The first-order valence-electron chi connectivity index (χ1n) is 4.99. The average molecular weight is 241 g/mol. The molecule has 88 valence electrons. The molecule has 1 aromatic carbocycles. The summed E-state index contributed by atoms with van der Waals surface area (Å²) in [5, 5.41) is 21.1. The molecule has 0 spiro atoms. The largest absolute Gasteiger partial charge is 0.508 e. The van der Waals surface area contributed by atoms with Gasteiger partial charge in [0, 0.05) is 12.3 Å². The molecule has 1 rings (SSSR count). The summed E-state index contributed by atoms with van der Waals surface area (Å²) in [5.74, 6) is -0.426. The number of benzene rings is 1. The number of carboxylic acids is 1. The van der Waals surface area contributed by atoms with E-state index in [2.05, 4.69) is 17.9 Å². The molecule has 0 aliphatic carbocycles. The van der Waals surface area contributed by atoms with Crippen LogP contribution < -0.4 is 5.32 Å². The molecular weight excluding hydrogens is 226 g/mol. The number of para-hydroxylation sites is 1. The van der Waals surface area contributed by atoms with Crippen LogP contribution in [0.4, 0.5) is 0 Å². The van der Waals surface area contributed by atoms with Crippen LogP contribution in [-0.4, -0.2) is 34.5 Å². The Bertz CT molecular complexity index is 357. The van der Waals surface area contributed by atoms with E-state index in [9.17, 15) is 9.90 Å². The molecule has 16 heavy (non-hydrogen) atoms. The second-order valence-corrected chi connectivity index (χ2v) is 3.77. The number of carbonyl (C=O) groups is 1. The minimum atomic E-state index is -0.910. The fourth-order valence-corrected chi connectivity index (χ4v) is 1.62. The first-order chi connectivity index (χ1) is 7.65. The average Bonchev–Trinajstić information content (AvgIpc) is 2.26. The van der Waals surface area contributed by atoms with Crippen molar-refractivity contribution in [3.63, 3.8) is 0 Å². The fraction of sp³-hybridized carbons (Fsp3) is 0.364. The molecule has 0 radical (unpaired) electrons. The Balaban J connectivity index is 2.41. The molecule has 0 amide bonds. The van der Waals surface area contributed by atoms with E-state index in [1.54, 1.807) is 12.1 Å². The van der Waals surface area contributed by atoms with Gasteiger partial charge in [0.05, 0.1) is 0 Å². The van der Waals surface area contributed by atoms with Crippen LogP contribution in [0.5, 0.6) is 5.75 Å². The zero-order chi connectivity index (χ0) is 12.0. The molecule has 5 heteroatoms. The van der Waals surface area contributed by atoms with E-state index in [0.717, 1.165) is 5.56 Å². The molecule has 0 aliphatic rings. The van der Waals surface area contributed by atoms with E-state index in [1.807, 2.05) is 12.1 Å². The van der Waals surface area contributed by atoms with Crippen molar-refractivity contribution in [1.82, 2.24) is 5.32 Å². The number of hydrogen-bond acceptors (Lipinski definition) is 4. The molecular formula is C11H15NO3S. The number of phenolic OH excluding ortho intramolecular Hbond substituents is 1. The lowest BCUT2D eigenvalue weighted by molar-refractivity contribution is -0.138. The molecule has 0 bridgehead atoms. The second-order valence-electron chi connectivity index (χ2n) is 3.41. The number of nitrogens with one attached hydrogen (secondary N) is 1. The first kappa shape index (κ1) is 12.9. The molecule has 1 aromatic rings. The van der Waals surface area contributed by atoms with Crippen molar-refractivity contribution >= 4 is 18.6 Å². The molecule has 1 atom stereocenters. The molecule has 0 heterocycles. The third-order valence-electron chi connectivity index (χ3n) is 2.26. The lowest BCUT2D eigenvalue weighted by Crippen LogP contribution is -2.39. The Kier molecular flexibility index (Phi) is 5.14. The van der Waals surface area contributed by atoms with Crippen LogP contribution >= 0.6 is 12.6 Å². The number of thiol groups is 1. The van der Waals surface area contributed by atoms with Gasteiger partial charge in [0.25, 0.3) is 0 Å². The summed E-state index contributed by atoms with van der Waals surface area (Å²) >= 11 is 3.94. The Morgan fingerprint density at radius 1 is 1.44 bits per heavy atom. The van der Waals surface area contributed by atoms with Crippen LogP contribution in [-0.2, 0) is 11.2 Å². The maximum Gasteiger partial charge on any atom is 0.321 e. The summed E-state index contributed by atoms with van der Waals surface area (Å²) < 4.78 is 0. The standard InChI is InChI=1S/C11H15NO3S/c13-10-4-2-1-3-8(10)5-6-12-9(7-16)11(14)15/h1-4,9,12-13,16H,5-7H2,(H,14,15)/t9-/m0/s1. The molecule has 0 unspecified atom stereocenters. The Labute approximate surface area is 99.7 Å². The van der Waals surface area contributed by atoms with Crippen LogP contribution in [0.15, 0.2) is 24.3 Å². The van der Waals surface area contributed by atoms with Gasteiger partial charge in [-0.2, -0.15) is 12.6 Å². The molecule has 0 aliphatic heterocycles. The van der Waals surface area contributed by atoms with Crippen molar-refractivity contribution in [3.05, 3.63) is 29.8 Å². The van der Waals surface area contributed by atoms with Gasteiger partial charge >= 0.3 is 5.97 Å². The Morgan fingerprint density at radius 3 is 2.69 bits per heavy atom.